The average Bonchev–Trinajstić information content (AvgIpc) is 3.26. The lowest BCUT2D eigenvalue weighted by molar-refractivity contribution is 0.0703. The maximum absolute atomic E-state index is 14.1. The van der Waals surface area contributed by atoms with E-state index in [1.165, 1.54) is 37.9 Å². The van der Waals surface area contributed by atoms with Crippen LogP contribution in [0.4, 0.5) is 4.39 Å². The Morgan fingerprint density at radius 3 is 2.96 bits per heavy atom. The minimum Gasteiger partial charge on any atom is -0.336 e. The molecule has 0 aromatic carbocycles. The number of likely N-dealkylation sites (tertiary alicyclic amines) is 1. The zero-order chi connectivity index (χ0) is 16.0. The van der Waals surface area contributed by atoms with E-state index in [9.17, 15) is 9.18 Å². The molecule has 2 bridgehead atoms. The lowest BCUT2D eigenvalue weighted by Crippen LogP contribution is -2.37. The number of pyridine rings is 1. The van der Waals surface area contributed by atoms with Crippen LogP contribution in [0.1, 0.15) is 55.3 Å². The van der Waals surface area contributed by atoms with Gasteiger partial charge in [0.2, 0.25) is 0 Å². The fraction of sp³-hybridized carbons (Fsp3) is 0.667. The summed E-state index contributed by atoms with van der Waals surface area (Å²) in [4.78, 5) is 18.3. The van der Waals surface area contributed by atoms with Gasteiger partial charge < -0.3 is 4.90 Å². The number of rotatable bonds is 3. The molecule has 4 rings (SSSR count). The third kappa shape index (κ3) is 2.75. The summed E-state index contributed by atoms with van der Waals surface area (Å²) in [5, 5.41) is -0.223. The number of halogens is 2. The van der Waals surface area contributed by atoms with Crippen molar-refractivity contribution in [3.8, 4) is 0 Å². The summed E-state index contributed by atoms with van der Waals surface area (Å²) in [6.07, 6.45) is 10.0. The minimum absolute atomic E-state index is 0.0600. The number of aromatic nitrogens is 1. The number of hydrogen-bond acceptors (Lipinski definition) is 2. The van der Waals surface area contributed by atoms with Gasteiger partial charge >= 0.3 is 0 Å². The van der Waals surface area contributed by atoms with Gasteiger partial charge in [-0.25, -0.2) is 9.37 Å². The Balaban J connectivity index is 1.49. The third-order valence-electron chi connectivity index (χ3n) is 6.17. The largest absolute Gasteiger partial charge is 0.336 e. The van der Waals surface area contributed by atoms with Gasteiger partial charge in [-0.1, -0.05) is 18.0 Å². The van der Waals surface area contributed by atoms with Crippen LogP contribution in [-0.4, -0.2) is 28.4 Å². The molecule has 2 aliphatic carbocycles. The van der Waals surface area contributed by atoms with Crippen LogP contribution < -0.4 is 0 Å². The molecule has 3 nitrogen and oxygen atoms in total. The van der Waals surface area contributed by atoms with Crippen LogP contribution in [0.3, 0.4) is 0 Å². The van der Waals surface area contributed by atoms with E-state index in [2.05, 4.69) is 4.98 Å². The van der Waals surface area contributed by atoms with Crippen LogP contribution in [0, 0.1) is 23.6 Å². The first-order chi connectivity index (χ1) is 11.1. The molecule has 1 aromatic rings. The maximum atomic E-state index is 14.1. The highest BCUT2D eigenvalue weighted by Gasteiger charge is 2.42. The van der Waals surface area contributed by atoms with E-state index in [0.29, 0.717) is 0 Å². The standard InChI is InChI=1S/C18H22ClFN2O/c19-17-16(20)15(5-6-21-17)18(23)22-7-1-2-14(22)10-13-9-11-3-4-12(13)8-11/h5-6,11-14H,1-4,7-10H2/t11-,12-,13-,14-/m0/s1. The van der Waals surface area contributed by atoms with E-state index in [1.54, 1.807) is 0 Å². The molecule has 1 saturated heterocycles. The quantitative estimate of drug-likeness (QED) is 0.771. The number of fused-ring (bicyclic) bond motifs is 2. The first-order valence-corrected chi connectivity index (χ1v) is 9.12. The van der Waals surface area contributed by atoms with Crippen molar-refractivity contribution in [3.05, 3.63) is 28.8 Å². The topological polar surface area (TPSA) is 33.2 Å². The van der Waals surface area contributed by atoms with Crippen molar-refractivity contribution in [1.82, 2.24) is 9.88 Å². The Morgan fingerprint density at radius 1 is 1.35 bits per heavy atom. The molecule has 5 heteroatoms. The molecule has 23 heavy (non-hydrogen) atoms. The lowest BCUT2D eigenvalue weighted by Gasteiger charge is -2.30. The van der Waals surface area contributed by atoms with Crippen LogP contribution in [0.2, 0.25) is 5.15 Å². The number of hydrogen-bond donors (Lipinski definition) is 0. The van der Waals surface area contributed by atoms with Crippen LogP contribution in [-0.2, 0) is 0 Å². The highest BCUT2D eigenvalue weighted by Crippen LogP contribution is 2.50. The summed E-state index contributed by atoms with van der Waals surface area (Å²) in [5.41, 5.74) is 0.0600. The highest BCUT2D eigenvalue weighted by molar-refractivity contribution is 6.29. The monoisotopic (exact) mass is 336 g/mol. The van der Waals surface area contributed by atoms with Gasteiger partial charge in [-0.3, -0.25) is 4.79 Å². The van der Waals surface area contributed by atoms with Gasteiger partial charge in [0.25, 0.3) is 5.91 Å². The molecule has 4 atom stereocenters. The summed E-state index contributed by atoms with van der Waals surface area (Å²) in [6, 6.07) is 1.70. The normalized spacial score (nSPS) is 32.7. The first kappa shape index (κ1) is 15.4. The van der Waals surface area contributed by atoms with Crippen LogP contribution in [0.25, 0.3) is 0 Å². The Labute approximate surface area is 141 Å². The van der Waals surface area contributed by atoms with E-state index in [1.807, 2.05) is 4.90 Å². The summed E-state index contributed by atoms with van der Waals surface area (Å²) < 4.78 is 14.1. The Bertz CT molecular complexity index is 623. The minimum atomic E-state index is -0.690. The fourth-order valence-electron chi connectivity index (χ4n) is 5.10. The number of carbonyl (C=O) groups excluding carboxylic acids is 1. The van der Waals surface area contributed by atoms with Gasteiger partial charge in [0.1, 0.15) is 0 Å². The molecule has 1 amide bonds. The molecular formula is C18H22ClFN2O. The van der Waals surface area contributed by atoms with Gasteiger partial charge in [-0.2, -0.15) is 0 Å². The zero-order valence-corrected chi connectivity index (χ0v) is 13.9. The van der Waals surface area contributed by atoms with Gasteiger partial charge in [-0.15, -0.1) is 0 Å². The fourth-order valence-corrected chi connectivity index (χ4v) is 5.26. The second kappa shape index (κ2) is 6.04. The molecule has 124 valence electrons. The molecule has 0 spiro atoms. The summed E-state index contributed by atoms with van der Waals surface area (Å²) in [6.45, 7) is 0.726. The maximum Gasteiger partial charge on any atom is 0.257 e. The molecule has 3 aliphatic rings. The van der Waals surface area contributed by atoms with E-state index in [-0.39, 0.29) is 22.7 Å². The van der Waals surface area contributed by atoms with Crippen molar-refractivity contribution in [2.45, 2.75) is 51.0 Å². The van der Waals surface area contributed by atoms with Gasteiger partial charge in [-0.05, 0) is 62.3 Å². The molecule has 2 heterocycles. The Hall–Kier alpha value is -1.16. The third-order valence-corrected chi connectivity index (χ3v) is 6.44. The SMILES string of the molecule is O=C(c1ccnc(Cl)c1F)N1CCC[C@H]1C[C@@H]1C[C@H]2CC[C@H]1C2. The van der Waals surface area contributed by atoms with Crippen molar-refractivity contribution >= 4 is 17.5 Å². The Kier molecular flexibility index (Phi) is 4.04. The predicted molar refractivity (Wildman–Crippen MR) is 86.8 cm³/mol. The molecule has 1 aromatic heterocycles. The second-order valence-corrected chi connectivity index (χ2v) is 7.79. The van der Waals surface area contributed by atoms with Gasteiger partial charge in [0.15, 0.2) is 11.0 Å². The smallest absolute Gasteiger partial charge is 0.257 e. The van der Waals surface area contributed by atoms with Crippen molar-refractivity contribution in [3.63, 3.8) is 0 Å². The van der Waals surface area contributed by atoms with Crippen molar-refractivity contribution in [2.24, 2.45) is 17.8 Å². The van der Waals surface area contributed by atoms with E-state index < -0.39 is 5.82 Å². The molecule has 1 aliphatic heterocycles. The molecule has 2 saturated carbocycles. The van der Waals surface area contributed by atoms with Crippen molar-refractivity contribution in [1.29, 1.82) is 0 Å². The van der Waals surface area contributed by atoms with E-state index in [0.717, 1.165) is 43.6 Å². The highest BCUT2D eigenvalue weighted by atomic mass is 35.5. The van der Waals surface area contributed by atoms with E-state index in [4.69, 9.17) is 11.6 Å². The lowest BCUT2D eigenvalue weighted by atomic mass is 9.83. The predicted octanol–water partition coefficient (Wildman–Crippen LogP) is 4.31. The second-order valence-electron chi connectivity index (χ2n) is 7.43. The number of carbonyl (C=O) groups is 1. The zero-order valence-electron chi connectivity index (χ0n) is 13.2. The molecule has 0 unspecified atom stereocenters. The van der Waals surface area contributed by atoms with Gasteiger partial charge in [0, 0.05) is 18.8 Å². The average molecular weight is 337 g/mol. The summed E-state index contributed by atoms with van der Waals surface area (Å²) in [7, 11) is 0. The molecule has 3 fully saturated rings. The molecular weight excluding hydrogens is 315 g/mol. The van der Waals surface area contributed by atoms with Crippen LogP contribution >= 0.6 is 11.6 Å². The van der Waals surface area contributed by atoms with Crippen molar-refractivity contribution < 1.29 is 9.18 Å². The Morgan fingerprint density at radius 2 is 2.22 bits per heavy atom. The van der Waals surface area contributed by atoms with Crippen molar-refractivity contribution in [2.75, 3.05) is 6.54 Å². The van der Waals surface area contributed by atoms with Crippen LogP contribution in [0.15, 0.2) is 12.3 Å². The molecule has 0 radical (unpaired) electrons. The summed E-state index contributed by atoms with van der Waals surface area (Å²) in [5.74, 6) is 1.64. The van der Waals surface area contributed by atoms with Crippen LogP contribution in [0.5, 0.6) is 0 Å². The van der Waals surface area contributed by atoms with Gasteiger partial charge in [0.05, 0.1) is 5.56 Å². The first-order valence-electron chi connectivity index (χ1n) is 8.74. The number of nitrogens with zero attached hydrogens (tertiary/aromatic N) is 2. The summed E-state index contributed by atoms with van der Waals surface area (Å²) >= 11 is 5.72. The van der Waals surface area contributed by atoms with E-state index >= 15 is 0 Å². The number of amides is 1. The molecule has 0 N–H and O–H groups in total.